The van der Waals surface area contributed by atoms with Crippen LogP contribution < -0.4 is 14.2 Å². The van der Waals surface area contributed by atoms with Crippen molar-refractivity contribution in [1.29, 1.82) is 0 Å². The summed E-state index contributed by atoms with van der Waals surface area (Å²) in [4.78, 5) is 9.91. The minimum absolute atomic E-state index is 0.161. The van der Waals surface area contributed by atoms with Crippen molar-refractivity contribution in [3.8, 4) is 17.2 Å². The molecule has 0 unspecified atom stereocenters. The Balaban J connectivity index is 2.42. The van der Waals surface area contributed by atoms with E-state index in [-0.39, 0.29) is 22.0 Å². The number of nitrogens with zero attached hydrogens (tertiary/aromatic N) is 1. The molecule has 0 bridgehead atoms. The van der Waals surface area contributed by atoms with E-state index in [4.69, 9.17) is 9.47 Å². The number of hydrogen-bond acceptors (Lipinski definition) is 7. The van der Waals surface area contributed by atoms with Crippen molar-refractivity contribution < 1.29 is 27.9 Å². The molecule has 0 aromatic heterocycles. The summed E-state index contributed by atoms with van der Waals surface area (Å²) in [6, 6.07) is 6.93. The highest BCUT2D eigenvalue weighted by Crippen LogP contribution is 2.33. The van der Waals surface area contributed by atoms with Crippen LogP contribution in [0.5, 0.6) is 17.2 Å². The number of phenolic OH excluding ortho intramolecular Hbond substituents is 1. The number of ether oxygens (including phenoxy) is 2. The number of anilines is 1. The number of nitro groups is 1. The maximum Gasteiger partial charge on any atom is 0.271 e. The molecule has 0 amide bonds. The standard InChI is InChI=1S/C14H14N2O7S/c1-22-13-6-4-10(8-14(13)23-2)24(20,21)15-11-7-9(16(18)19)3-5-12(11)17/h3-8,15,17H,1-2H3. The van der Waals surface area contributed by atoms with Gasteiger partial charge in [0.05, 0.1) is 29.7 Å². The molecule has 0 aliphatic carbocycles. The SMILES string of the molecule is COc1ccc(S(=O)(=O)Nc2cc([N+](=O)[O-])ccc2O)cc1OC. The number of nitro benzene ring substituents is 1. The van der Waals surface area contributed by atoms with Gasteiger partial charge in [-0.1, -0.05) is 0 Å². The Morgan fingerprint density at radius 1 is 1.08 bits per heavy atom. The molecule has 0 radical (unpaired) electrons. The van der Waals surface area contributed by atoms with Crippen molar-refractivity contribution in [2.24, 2.45) is 0 Å². The highest BCUT2D eigenvalue weighted by molar-refractivity contribution is 7.92. The van der Waals surface area contributed by atoms with Crippen molar-refractivity contribution in [1.82, 2.24) is 0 Å². The summed E-state index contributed by atoms with van der Waals surface area (Å²) in [5.41, 5.74) is -0.670. The minimum atomic E-state index is -4.10. The van der Waals surface area contributed by atoms with Crippen LogP contribution in [0.4, 0.5) is 11.4 Å². The van der Waals surface area contributed by atoms with Gasteiger partial charge in [-0.15, -0.1) is 0 Å². The molecule has 0 spiro atoms. The van der Waals surface area contributed by atoms with E-state index in [0.717, 1.165) is 18.2 Å². The highest BCUT2D eigenvalue weighted by atomic mass is 32.2. The number of hydrogen-bond donors (Lipinski definition) is 2. The van der Waals surface area contributed by atoms with Gasteiger partial charge in [-0.3, -0.25) is 14.8 Å². The molecule has 0 aliphatic rings. The molecule has 0 saturated carbocycles. The van der Waals surface area contributed by atoms with E-state index >= 15 is 0 Å². The number of aromatic hydroxyl groups is 1. The van der Waals surface area contributed by atoms with Gasteiger partial charge in [0, 0.05) is 18.2 Å². The summed E-state index contributed by atoms with van der Waals surface area (Å²) < 4.78 is 37.0. The molecule has 2 N–H and O–H groups in total. The molecule has 0 atom stereocenters. The van der Waals surface area contributed by atoms with Crippen LogP contribution in [0.25, 0.3) is 0 Å². The number of phenols is 1. The topological polar surface area (TPSA) is 128 Å². The lowest BCUT2D eigenvalue weighted by Crippen LogP contribution is -2.13. The monoisotopic (exact) mass is 354 g/mol. The predicted octanol–water partition coefficient (Wildman–Crippen LogP) is 2.12. The van der Waals surface area contributed by atoms with E-state index < -0.39 is 20.7 Å². The fourth-order valence-corrected chi connectivity index (χ4v) is 2.99. The van der Waals surface area contributed by atoms with Crippen molar-refractivity contribution in [2.45, 2.75) is 4.90 Å². The molecule has 9 nitrogen and oxygen atoms in total. The Bertz CT molecular complexity index is 881. The van der Waals surface area contributed by atoms with E-state index in [0.29, 0.717) is 5.75 Å². The van der Waals surface area contributed by atoms with E-state index in [9.17, 15) is 23.6 Å². The third-order valence-corrected chi connectivity index (χ3v) is 4.46. The molecule has 0 heterocycles. The summed E-state index contributed by atoms with van der Waals surface area (Å²) in [6.07, 6.45) is 0. The Kier molecular flexibility index (Phi) is 4.79. The third-order valence-electron chi connectivity index (χ3n) is 3.10. The number of nitrogens with one attached hydrogen (secondary N) is 1. The molecule has 0 fully saturated rings. The van der Waals surface area contributed by atoms with Gasteiger partial charge in [-0.25, -0.2) is 8.42 Å². The van der Waals surface area contributed by atoms with Crippen LogP contribution in [0.1, 0.15) is 0 Å². The lowest BCUT2D eigenvalue weighted by molar-refractivity contribution is -0.384. The molecule has 24 heavy (non-hydrogen) atoms. The fraction of sp³-hybridized carbons (Fsp3) is 0.143. The highest BCUT2D eigenvalue weighted by Gasteiger charge is 2.20. The predicted molar refractivity (Wildman–Crippen MR) is 85.1 cm³/mol. The van der Waals surface area contributed by atoms with Crippen LogP contribution in [-0.4, -0.2) is 32.7 Å². The number of rotatable bonds is 6. The fourth-order valence-electron chi connectivity index (χ4n) is 1.91. The van der Waals surface area contributed by atoms with E-state index in [2.05, 4.69) is 4.72 Å². The Morgan fingerprint density at radius 3 is 2.33 bits per heavy atom. The maximum atomic E-state index is 12.4. The van der Waals surface area contributed by atoms with Crippen LogP contribution in [0.15, 0.2) is 41.3 Å². The van der Waals surface area contributed by atoms with E-state index in [1.54, 1.807) is 0 Å². The minimum Gasteiger partial charge on any atom is -0.506 e. The van der Waals surface area contributed by atoms with Gasteiger partial charge >= 0.3 is 0 Å². The zero-order chi connectivity index (χ0) is 17.9. The molecule has 0 aliphatic heterocycles. The zero-order valence-electron chi connectivity index (χ0n) is 12.7. The van der Waals surface area contributed by atoms with E-state index in [1.165, 1.54) is 32.4 Å². The molecule has 128 valence electrons. The van der Waals surface area contributed by atoms with E-state index in [1.807, 2.05) is 0 Å². The van der Waals surface area contributed by atoms with Crippen molar-refractivity contribution in [3.05, 3.63) is 46.5 Å². The summed E-state index contributed by atoms with van der Waals surface area (Å²) in [6.45, 7) is 0. The summed E-state index contributed by atoms with van der Waals surface area (Å²) in [5.74, 6) is 0.0999. The molecular formula is C14H14N2O7S. The van der Waals surface area contributed by atoms with Crippen molar-refractivity contribution >= 4 is 21.4 Å². The van der Waals surface area contributed by atoms with Gasteiger partial charge in [0.15, 0.2) is 11.5 Å². The number of methoxy groups -OCH3 is 2. The van der Waals surface area contributed by atoms with Gasteiger partial charge in [0.25, 0.3) is 15.7 Å². The first kappa shape index (κ1) is 17.3. The number of sulfonamides is 1. The zero-order valence-corrected chi connectivity index (χ0v) is 13.5. The number of non-ortho nitro benzene ring substituents is 1. The second kappa shape index (κ2) is 6.62. The van der Waals surface area contributed by atoms with Gasteiger partial charge in [0.1, 0.15) is 5.75 Å². The van der Waals surface area contributed by atoms with Crippen LogP contribution in [0.2, 0.25) is 0 Å². The maximum absolute atomic E-state index is 12.4. The second-order valence-electron chi connectivity index (χ2n) is 4.58. The molecule has 10 heteroatoms. The molecule has 2 rings (SSSR count). The third kappa shape index (κ3) is 3.49. The number of benzene rings is 2. The molecular weight excluding hydrogens is 340 g/mol. The smallest absolute Gasteiger partial charge is 0.271 e. The Hall–Kier alpha value is -3.01. The first-order valence-corrected chi connectivity index (χ1v) is 7.99. The van der Waals surface area contributed by atoms with Crippen molar-refractivity contribution in [3.63, 3.8) is 0 Å². The van der Waals surface area contributed by atoms with Gasteiger partial charge < -0.3 is 14.6 Å². The summed E-state index contributed by atoms with van der Waals surface area (Å²) in [7, 11) is -1.34. The first-order chi connectivity index (χ1) is 11.3. The average molecular weight is 354 g/mol. The molecule has 2 aromatic rings. The van der Waals surface area contributed by atoms with Gasteiger partial charge in [0.2, 0.25) is 0 Å². The normalized spacial score (nSPS) is 10.9. The van der Waals surface area contributed by atoms with Crippen molar-refractivity contribution in [2.75, 3.05) is 18.9 Å². The summed E-state index contributed by atoms with van der Waals surface area (Å²) >= 11 is 0. The second-order valence-corrected chi connectivity index (χ2v) is 6.26. The van der Waals surface area contributed by atoms with Gasteiger partial charge in [-0.05, 0) is 18.2 Å². The molecule has 0 saturated heterocycles. The van der Waals surface area contributed by atoms with Crippen LogP contribution in [0.3, 0.4) is 0 Å². The Morgan fingerprint density at radius 2 is 1.75 bits per heavy atom. The first-order valence-electron chi connectivity index (χ1n) is 6.50. The van der Waals surface area contributed by atoms with Crippen LogP contribution >= 0.6 is 0 Å². The van der Waals surface area contributed by atoms with Crippen LogP contribution in [-0.2, 0) is 10.0 Å². The molecule has 2 aromatic carbocycles. The lowest BCUT2D eigenvalue weighted by atomic mass is 10.2. The van der Waals surface area contributed by atoms with Gasteiger partial charge in [-0.2, -0.15) is 0 Å². The quantitative estimate of drug-likeness (QED) is 0.462. The lowest BCUT2D eigenvalue weighted by Gasteiger charge is -2.12. The summed E-state index contributed by atoms with van der Waals surface area (Å²) in [5, 5.41) is 20.5. The Labute approximate surface area is 137 Å². The average Bonchev–Trinajstić information content (AvgIpc) is 2.55. The van der Waals surface area contributed by atoms with Crippen LogP contribution in [0, 0.1) is 10.1 Å². The largest absolute Gasteiger partial charge is 0.506 e.